The molecule has 0 aliphatic carbocycles. The van der Waals surface area contributed by atoms with Crippen LogP contribution in [0.3, 0.4) is 0 Å². The molecule has 1 amide bonds. The van der Waals surface area contributed by atoms with E-state index in [1.165, 1.54) is 10.4 Å². The van der Waals surface area contributed by atoms with E-state index < -0.39 is 0 Å². The number of aryl methyl sites for hydroxylation is 2. The summed E-state index contributed by atoms with van der Waals surface area (Å²) in [6.07, 6.45) is 1.01. The number of ether oxygens (including phenoxy) is 3. The van der Waals surface area contributed by atoms with E-state index in [9.17, 15) is 4.79 Å². The van der Waals surface area contributed by atoms with Gasteiger partial charge in [0.15, 0.2) is 11.5 Å². The van der Waals surface area contributed by atoms with Gasteiger partial charge >= 0.3 is 0 Å². The van der Waals surface area contributed by atoms with Gasteiger partial charge in [-0.3, -0.25) is 4.79 Å². The quantitative estimate of drug-likeness (QED) is 0.794. The molecule has 1 heterocycles. The standard InChI is InChI=1S/C18H23NO4S/c1-12-7-8-24-16(12)11-19-17(20)6-5-13-9-14(21-2)18(23-4)15(10-13)22-3/h7-10H,5-6,11H2,1-4H3,(H,19,20). The number of rotatable bonds is 8. The van der Waals surface area contributed by atoms with Crippen molar-refractivity contribution in [3.63, 3.8) is 0 Å². The molecule has 0 aliphatic rings. The molecule has 2 aromatic rings. The van der Waals surface area contributed by atoms with E-state index in [2.05, 4.69) is 11.4 Å². The van der Waals surface area contributed by atoms with Gasteiger partial charge in [0.1, 0.15) is 0 Å². The third-order valence-corrected chi connectivity index (χ3v) is 4.80. The monoisotopic (exact) mass is 349 g/mol. The topological polar surface area (TPSA) is 56.8 Å². The molecule has 0 saturated heterocycles. The second-order valence-electron chi connectivity index (χ2n) is 5.34. The van der Waals surface area contributed by atoms with Crippen LogP contribution >= 0.6 is 11.3 Å². The fourth-order valence-electron chi connectivity index (χ4n) is 2.39. The van der Waals surface area contributed by atoms with Gasteiger partial charge in [0.2, 0.25) is 11.7 Å². The van der Waals surface area contributed by atoms with Gasteiger partial charge in [-0.05, 0) is 48.1 Å². The van der Waals surface area contributed by atoms with Crippen LogP contribution in [0.2, 0.25) is 0 Å². The van der Waals surface area contributed by atoms with Crippen LogP contribution in [0.25, 0.3) is 0 Å². The molecule has 2 rings (SSSR count). The molecule has 24 heavy (non-hydrogen) atoms. The van der Waals surface area contributed by atoms with E-state index >= 15 is 0 Å². The van der Waals surface area contributed by atoms with Crippen molar-refractivity contribution in [2.45, 2.75) is 26.3 Å². The highest BCUT2D eigenvalue weighted by molar-refractivity contribution is 7.10. The number of hydrogen-bond acceptors (Lipinski definition) is 5. The maximum absolute atomic E-state index is 12.1. The van der Waals surface area contributed by atoms with Crippen LogP contribution in [0.1, 0.15) is 22.4 Å². The number of hydrogen-bond donors (Lipinski definition) is 1. The molecule has 0 bridgehead atoms. The third kappa shape index (κ3) is 4.41. The van der Waals surface area contributed by atoms with Crippen LogP contribution in [0.5, 0.6) is 17.2 Å². The van der Waals surface area contributed by atoms with E-state index in [1.807, 2.05) is 24.4 Å². The van der Waals surface area contributed by atoms with Crippen molar-refractivity contribution in [2.75, 3.05) is 21.3 Å². The molecule has 0 unspecified atom stereocenters. The normalized spacial score (nSPS) is 10.3. The van der Waals surface area contributed by atoms with Crippen molar-refractivity contribution < 1.29 is 19.0 Å². The van der Waals surface area contributed by atoms with Gasteiger partial charge in [0, 0.05) is 11.3 Å². The highest BCUT2D eigenvalue weighted by atomic mass is 32.1. The molecule has 1 aromatic carbocycles. The lowest BCUT2D eigenvalue weighted by Gasteiger charge is -2.14. The zero-order valence-electron chi connectivity index (χ0n) is 14.5. The van der Waals surface area contributed by atoms with Gasteiger partial charge in [0.25, 0.3) is 0 Å². The highest BCUT2D eigenvalue weighted by Crippen LogP contribution is 2.38. The minimum absolute atomic E-state index is 0.0246. The van der Waals surface area contributed by atoms with Gasteiger partial charge in [-0.2, -0.15) is 0 Å². The van der Waals surface area contributed by atoms with Crippen molar-refractivity contribution >= 4 is 17.2 Å². The maximum Gasteiger partial charge on any atom is 0.220 e. The van der Waals surface area contributed by atoms with Crippen molar-refractivity contribution in [3.8, 4) is 17.2 Å². The van der Waals surface area contributed by atoms with Gasteiger partial charge in [-0.15, -0.1) is 11.3 Å². The lowest BCUT2D eigenvalue weighted by molar-refractivity contribution is -0.121. The van der Waals surface area contributed by atoms with Crippen molar-refractivity contribution in [2.24, 2.45) is 0 Å². The van der Waals surface area contributed by atoms with E-state index in [1.54, 1.807) is 32.7 Å². The largest absolute Gasteiger partial charge is 0.493 e. The zero-order chi connectivity index (χ0) is 17.5. The average molecular weight is 349 g/mol. The summed E-state index contributed by atoms with van der Waals surface area (Å²) in [6.45, 7) is 2.63. The van der Waals surface area contributed by atoms with Gasteiger partial charge < -0.3 is 19.5 Å². The fraction of sp³-hybridized carbons (Fsp3) is 0.389. The fourth-order valence-corrected chi connectivity index (χ4v) is 3.24. The molecule has 0 radical (unpaired) electrons. The van der Waals surface area contributed by atoms with Crippen LogP contribution in [0.4, 0.5) is 0 Å². The van der Waals surface area contributed by atoms with Crippen LogP contribution in [-0.4, -0.2) is 27.2 Å². The summed E-state index contributed by atoms with van der Waals surface area (Å²) in [5.41, 5.74) is 2.18. The number of carbonyl (C=O) groups excluding carboxylic acids is 1. The predicted molar refractivity (Wildman–Crippen MR) is 95.3 cm³/mol. The van der Waals surface area contributed by atoms with E-state index in [-0.39, 0.29) is 5.91 Å². The molecule has 0 atom stereocenters. The lowest BCUT2D eigenvalue weighted by atomic mass is 10.1. The third-order valence-electron chi connectivity index (χ3n) is 3.78. The first-order valence-corrected chi connectivity index (χ1v) is 8.55. The van der Waals surface area contributed by atoms with Crippen LogP contribution in [-0.2, 0) is 17.8 Å². The SMILES string of the molecule is COc1cc(CCC(=O)NCc2sccc2C)cc(OC)c1OC. The van der Waals surface area contributed by atoms with Crippen LogP contribution < -0.4 is 19.5 Å². The molecule has 130 valence electrons. The zero-order valence-corrected chi connectivity index (χ0v) is 15.3. The molecule has 6 heteroatoms. The molecule has 1 aromatic heterocycles. The second-order valence-corrected chi connectivity index (χ2v) is 6.34. The van der Waals surface area contributed by atoms with Crippen molar-refractivity contribution in [1.29, 1.82) is 0 Å². The van der Waals surface area contributed by atoms with E-state index in [0.717, 1.165) is 5.56 Å². The van der Waals surface area contributed by atoms with Gasteiger partial charge in [-0.25, -0.2) is 0 Å². The minimum Gasteiger partial charge on any atom is -0.493 e. The Morgan fingerprint density at radius 2 is 1.79 bits per heavy atom. The number of benzene rings is 1. The highest BCUT2D eigenvalue weighted by Gasteiger charge is 2.14. The molecule has 0 aliphatic heterocycles. The summed E-state index contributed by atoms with van der Waals surface area (Å²) in [5, 5.41) is 4.99. The minimum atomic E-state index is 0.0246. The molecule has 0 spiro atoms. The smallest absolute Gasteiger partial charge is 0.220 e. The maximum atomic E-state index is 12.1. The second kappa shape index (κ2) is 8.59. The number of amides is 1. The molecular weight excluding hydrogens is 326 g/mol. The Morgan fingerprint density at radius 3 is 2.29 bits per heavy atom. The molecule has 0 saturated carbocycles. The number of carbonyl (C=O) groups is 1. The number of nitrogens with one attached hydrogen (secondary N) is 1. The summed E-state index contributed by atoms with van der Waals surface area (Å²) in [7, 11) is 4.73. The Bertz CT molecular complexity index is 671. The molecule has 0 fully saturated rings. The van der Waals surface area contributed by atoms with Crippen LogP contribution in [0, 0.1) is 6.92 Å². The Hall–Kier alpha value is -2.21. The molecule has 1 N–H and O–H groups in total. The first kappa shape index (κ1) is 18.1. The lowest BCUT2D eigenvalue weighted by Crippen LogP contribution is -2.22. The summed E-state index contributed by atoms with van der Waals surface area (Å²) < 4.78 is 16.0. The summed E-state index contributed by atoms with van der Waals surface area (Å²) in [5.74, 6) is 1.78. The van der Waals surface area contributed by atoms with Gasteiger partial charge in [0.05, 0.1) is 27.9 Å². The Balaban J connectivity index is 1.95. The number of methoxy groups -OCH3 is 3. The first-order chi connectivity index (χ1) is 11.6. The Labute approximate surface area is 146 Å². The Morgan fingerprint density at radius 1 is 1.12 bits per heavy atom. The Kier molecular flexibility index (Phi) is 6.49. The molecular formula is C18H23NO4S. The summed E-state index contributed by atoms with van der Waals surface area (Å²) >= 11 is 1.66. The summed E-state index contributed by atoms with van der Waals surface area (Å²) in [6, 6.07) is 5.80. The molecule has 5 nitrogen and oxygen atoms in total. The van der Waals surface area contributed by atoms with Crippen molar-refractivity contribution in [3.05, 3.63) is 39.6 Å². The number of thiophene rings is 1. The van der Waals surface area contributed by atoms with E-state index in [4.69, 9.17) is 14.2 Å². The average Bonchev–Trinajstić information content (AvgIpc) is 3.01. The van der Waals surface area contributed by atoms with Crippen molar-refractivity contribution in [1.82, 2.24) is 5.32 Å². The summed E-state index contributed by atoms with van der Waals surface area (Å²) in [4.78, 5) is 13.3. The van der Waals surface area contributed by atoms with E-state index in [0.29, 0.717) is 36.6 Å². The van der Waals surface area contributed by atoms with Gasteiger partial charge in [-0.1, -0.05) is 0 Å². The predicted octanol–water partition coefficient (Wildman–Crippen LogP) is 3.33. The first-order valence-electron chi connectivity index (χ1n) is 7.67. The van der Waals surface area contributed by atoms with Crippen LogP contribution in [0.15, 0.2) is 23.6 Å².